The molecule has 24 heavy (non-hydrogen) atoms. The van der Waals surface area contributed by atoms with Crippen molar-refractivity contribution in [2.45, 2.75) is 39.0 Å². The molecule has 1 atom stereocenters. The van der Waals surface area contributed by atoms with Gasteiger partial charge in [0.2, 0.25) is 5.91 Å². The van der Waals surface area contributed by atoms with Gasteiger partial charge >= 0.3 is 0 Å². The summed E-state index contributed by atoms with van der Waals surface area (Å²) in [4.78, 5) is 14.5. The summed E-state index contributed by atoms with van der Waals surface area (Å²) >= 11 is 0. The second-order valence-electron chi connectivity index (χ2n) is 6.36. The molecule has 0 bridgehead atoms. The maximum absolute atomic E-state index is 12.1. The number of benzene rings is 2. The van der Waals surface area contributed by atoms with Gasteiger partial charge in [-0.25, -0.2) is 0 Å². The molecule has 0 fully saturated rings. The molecular formula is C21H26N2O. The minimum Gasteiger partial charge on any atom is -0.372 e. The van der Waals surface area contributed by atoms with Crippen LogP contribution < -0.4 is 10.2 Å². The molecule has 0 saturated carbocycles. The van der Waals surface area contributed by atoms with Crippen molar-refractivity contribution in [1.29, 1.82) is 0 Å². The van der Waals surface area contributed by atoms with Crippen molar-refractivity contribution in [2.24, 2.45) is 0 Å². The number of para-hydroxylation sites is 1. The number of aryl methyl sites for hydroxylation is 1. The molecule has 1 amide bonds. The van der Waals surface area contributed by atoms with Crippen molar-refractivity contribution in [1.82, 2.24) is 0 Å². The Bertz CT molecular complexity index is 689. The van der Waals surface area contributed by atoms with E-state index in [9.17, 15) is 4.79 Å². The van der Waals surface area contributed by atoms with Crippen molar-refractivity contribution in [2.75, 3.05) is 23.3 Å². The average molecular weight is 322 g/mol. The minimum atomic E-state index is 0.0103. The standard InChI is InChI=1S/C21H26N2O/c1-3-23(4-2)17-14-12-16(13-15-17)8-7-10-19-18-9-5-6-11-20(18)22-21(19)24/h5-6,9,11-15,19H,3-4,7-8,10H2,1-2H3,(H,22,24). The van der Waals surface area contributed by atoms with Crippen molar-refractivity contribution in [3.8, 4) is 0 Å². The molecule has 2 aromatic carbocycles. The van der Waals surface area contributed by atoms with Gasteiger partial charge in [-0.05, 0) is 62.4 Å². The molecule has 1 aliphatic heterocycles. The van der Waals surface area contributed by atoms with Gasteiger partial charge in [0.05, 0.1) is 5.92 Å². The second-order valence-corrected chi connectivity index (χ2v) is 6.36. The quantitative estimate of drug-likeness (QED) is 0.808. The van der Waals surface area contributed by atoms with E-state index in [1.54, 1.807) is 0 Å². The molecule has 1 aliphatic rings. The zero-order chi connectivity index (χ0) is 16.9. The normalized spacial score (nSPS) is 15.9. The van der Waals surface area contributed by atoms with Crippen LogP contribution in [-0.4, -0.2) is 19.0 Å². The van der Waals surface area contributed by atoms with Crippen LogP contribution in [0.3, 0.4) is 0 Å². The summed E-state index contributed by atoms with van der Waals surface area (Å²) in [5.74, 6) is 0.157. The summed E-state index contributed by atoms with van der Waals surface area (Å²) in [5.41, 5.74) is 4.76. The highest BCUT2D eigenvalue weighted by atomic mass is 16.2. The van der Waals surface area contributed by atoms with Crippen LogP contribution in [0.4, 0.5) is 11.4 Å². The highest BCUT2D eigenvalue weighted by molar-refractivity contribution is 6.02. The molecule has 0 aromatic heterocycles. The molecule has 3 rings (SSSR count). The van der Waals surface area contributed by atoms with Crippen molar-refractivity contribution in [3.63, 3.8) is 0 Å². The van der Waals surface area contributed by atoms with E-state index in [1.807, 2.05) is 18.2 Å². The van der Waals surface area contributed by atoms with Gasteiger partial charge in [-0.15, -0.1) is 0 Å². The fourth-order valence-corrected chi connectivity index (χ4v) is 3.53. The van der Waals surface area contributed by atoms with Crippen LogP contribution in [-0.2, 0) is 11.2 Å². The van der Waals surface area contributed by atoms with Crippen molar-refractivity contribution >= 4 is 17.3 Å². The van der Waals surface area contributed by atoms with E-state index in [-0.39, 0.29) is 11.8 Å². The lowest BCUT2D eigenvalue weighted by Gasteiger charge is -2.21. The number of fused-ring (bicyclic) bond motifs is 1. The molecule has 2 aromatic rings. The third-order valence-electron chi connectivity index (χ3n) is 4.93. The van der Waals surface area contributed by atoms with E-state index in [1.165, 1.54) is 11.3 Å². The molecule has 3 heteroatoms. The Morgan fingerprint density at radius 2 is 1.71 bits per heavy atom. The highest BCUT2D eigenvalue weighted by Gasteiger charge is 2.29. The predicted molar refractivity (Wildman–Crippen MR) is 101 cm³/mol. The lowest BCUT2D eigenvalue weighted by molar-refractivity contribution is -0.117. The number of nitrogens with zero attached hydrogens (tertiary/aromatic N) is 1. The lowest BCUT2D eigenvalue weighted by Crippen LogP contribution is -2.21. The smallest absolute Gasteiger partial charge is 0.232 e. The number of amides is 1. The van der Waals surface area contributed by atoms with E-state index >= 15 is 0 Å². The van der Waals surface area contributed by atoms with Gasteiger partial charge < -0.3 is 10.2 Å². The third-order valence-corrected chi connectivity index (χ3v) is 4.93. The maximum atomic E-state index is 12.1. The van der Waals surface area contributed by atoms with Crippen LogP contribution in [0.15, 0.2) is 48.5 Å². The molecule has 0 radical (unpaired) electrons. The first-order valence-corrected chi connectivity index (χ1v) is 8.96. The summed E-state index contributed by atoms with van der Waals surface area (Å²) < 4.78 is 0. The second kappa shape index (κ2) is 7.52. The van der Waals surface area contributed by atoms with Crippen LogP contribution in [0.5, 0.6) is 0 Å². The van der Waals surface area contributed by atoms with E-state index in [2.05, 4.69) is 54.4 Å². The van der Waals surface area contributed by atoms with Gasteiger partial charge in [-0.1, -0.05) is 30.3 Å². The molecule has 1 N–H and O–H groups in total. The summed E-state index contributed by atoms with van der Waals surface area (Å²) in [7, 11) is 0. The first-order valence-electron chi connectivity index (χ1n) is 8.96. The summed E-state index contributed by atoms with van der Waals surface area (Å²) in [5, 5.41) is 2.98. The van der Waals surface area contributed by atoms with Crippen LogP contribution in [0, 0.1) is 0 Å². The zero-order valence-corrected chi connectivity index (χ0v) is 14.6. The number of hydrogen-bond acceptors (Lipinski definition) is 2. The van der Waals surface area contributed by atoms with Crippen molar-refractivity contribution in [3.05, 3.63) is 59.7 Å². The molecule has 0 saturated heterocycles. The van der Waals surface area contributed by atoms with E-state index in [4.69, 9.17) is 0 Å². The molecule has 1 unspecified atom stereocenters. The number of rotatable bonds is 7. The van der Waals surface area contributed by atoms with Gasteiger partial charge in [0, 0.05) is 24.5 Å². The summed E-state index contributed by atoms with van der Waals surface area (Å²) in [6, 6.07) is 16.9. The molecule has 0 spiro atoms. The van der Waals surface area contributed by atoms with Gasteiger partial charge in [-0.3, -0.25) is 4.79 Å². The topological polar surface area (TPSA) is 32.3 Å². The fraction of sp³-hybridized carbons (Fsp3) is 0.381. The Labute approximate surface area is 144 Å². The molecule has 1 heterocycles. The predicted octanol–water partition coefficient (Wildman–Crippen LogP) is 4.59. The molecule has 0 aliphatic carbocycles. The van der Waals surface area contributed by atoms with Gasteiger partial charge in [0.1, 0.15) is 0 Å². The molecule has 126 valence electrons. The zero-order valence-electron chi connectivity index (χ0n) is 14.6. The van der Waals surface area contributed by atoms with Crippen LogP contribution in [0.1, 0.15) is 43.7 Å². The average Bonchev–Trinajstić information content (AvgIpc) is 2.93. The first-order chi connectivity index (χ1) is 11.7. The number of nitrogens with one attached hydrogen (secondary N) is 1. The number of carbonyl (C=O) groups excluding carboxylic acids is 1. The fourth-order valence-electron chi connectivity index (χ4n) is 3.53. The van der Waals surface area contributed by atoms with Crippen LogP contribution in [0.2, 0.25) is 0 Å². The Hall–Kier alpha value is -2.29. The largest absolute Gasteiger partial charge is 0.372 e. The van der Waals surface area contributed by atoms with E-state index in [0.29, 0.717) is 0 Å². The number of carbonyl (C=O) groups is 1. The van der Waals surface area contributed by atoms with Crippen LogP contribution >= 0.6 is 0 Å². The lowest BCUT2D eigenvalue weighted by atomic mass is 9.94. The Morgan fingerprint density at radius 1 is 1.00 bits per heavy atom. The SMILES string of the molecule is CCN(CC)c1ccc(CCCC2C(=O)Nc3ccccc32)cc1. The van der Waals surface area contributed by atoms with Crippen LogP contribution in [0.25, 0.3) is 0 Å². The Kier molecular flexibility index (Phi) is 5.19. The molecular weight excluding hydrogens is 296 g/mol. The number of hydrogen-bond donors (Lipinski definition) is 1. The Morgan fingerprint density at radius 3 is 2.42 bits per heavy atom. The monoisotopic (exact) mass is 322 g/mol. The maximum Gasteiger partial charge on any atom is 0.232 e. The summed E-state index contributed by atoms with van der Waals surface area (Å²) in [6.07, 6.45) is 2.95. The van der Waals surface area contributed by atoms with Gasteiger partial charge in [0.25, 0.3) is 0 Å². The summed E-state index contributed by atoms with van der Waals surface area (Å²) in [6.45, 7) is 6.43. The van der Waals surface area contributed by atoms with Gasteiger partial charge in [-0.2, -0.15) is 0 Å². The van der Waals surface area contributed by atoms with E-state index < -0.39 is 0 Å². The highest BCUT2D eigenvalue weighted by Crippen LogP contribution is 2.35. The minimum absolute atomic E-state index is 0.0103. The van der Waals surface area contributed by atoms with E-state index in [0.717, 1.165) is 43.6 Å². The first kappa shape index (κ1) is 16.6. The molecule has 3 nitrogen and oxygen atoms in total. The third kappa shape index (κ3) is 3.45. The van der Waals surface area contributed by atoms with Crippen molar-refractivity contribution < 1.29 is 4.79 Å². The number of anilines is 2. The van der Waals surface area contributed by atoms with Gasteiger partial charge in [0.15, 0.2) is 0 Å². The Balaban J connectivity index is 1.56.